The third-order valence-corrected chi connectivity index (χ3v) is 2.43. The number of nitrogens with one attached hydrogen (secondary N) is 2. The Morgan fingerprint density at radius 3 is 2.30 bits per heavy atom. The van der Waals surface area contributed by atoms with Crippen LogP contribution in [0.4, 0.5) is 18.9 Å². The number of nitrogens with zero attached hydrogens (tertiary/aromatic N) is 1. The largest absolute Gasteiger partial charge is 0.416 e. The van der Waals surface area contributed by atoms with E-state index in [0.717, 1.165) is 12.1 Å². The predicted molar refractivity (Wildman–Crippen MR) is 66.8 cm³/mol. The first-order valence-electron chi connectivity index (χ1n) is 5.61. The highest BCUT2D eigenvalue weighted by molar-refractivity contribution is 5.92. The van der Waals surface area contributed by atoms with Crippen LogP contribution in [0.3, 0.4) is 0 Å². The maximum absolute atomic E-state index is 12.4. The minimum Gasteiger partial charge on any atom is -0.298 e. The van der Waals surface area contributed by atoms with E-state index in [1.54, 1.807) is 12.1 Å². The Hall–Kier alpha value is -2.57. The maximum atomic E-state index is 12.4. The number of carbonyl (C=O) groups excluding carboxylic acids is 1. The van der Waals surface area contributed by atoms with Gasteiger partial charge in [0, 0.05) is 6.20 Å². The molecule has 1 aromatic carbocycles. The first kappa shape index (κ1) is 13.9. The third kappa shape index (κ3) is 3.47. The van der Waals surface area contributed by atoms with Crippen LogP contribution in [0, 0.1) is 0 Å². The van der Waals surface area contributed by atoms with Gasteiger partial charge in [-0.3, -0.25) is 20.6 Å². The fraction of sp³-hybridized carbons (Fsp3) is 0.0769. The summed E-state index contributed by atoms with van der Waals surface area (Å²) in [5.74, 6) is -0.481. The SMILES string of the molecule is O=C(NNc1ccc(C(F)(F)F)cc1)c1ccccn1. The fourth-order valence-electron chi connectivity index (χ4n) is 1.43. The second-order valence-corrected chi connectivity index (χ2v) is 3.87. The Kier molecular flexibility index (Phi) is 3.88. The number of carbonyl (C=O) groups is 1. The molecule has 0 unspecified atom stereocenters. The minimum absolute atomic E-state index is 0.201. The van der Waals surface area contributed by atoms with Crippen molar-refractivity contribution in [2.75, 3.05) is 5.43 Å². The molecule has 0 radical (unpaired) electrons. The molecule has 7 heteroatoms. The molecular formula is C13H10F3N3O. The minimum atomic E-state index is -4.38. The average Bonchev–Trinajstić information content (AvgIpc) is 2.45. The van der Waals surface area contributed by atoms with Crippen molar-refractivity contribution in [3.63, 3.8) is 0 Å². The van der Waals surface area contributed by atoms with Crippen LogP contribution in [-0.4, -0.2) is 10.9 Å². The first-order valence-corrected chi connectivity index (χ1v) is 5.61. The van der Waals surface area contributed by atoms with E-state index in [1.165, 1.54) is 24.4 Å². The van der Waals surface area contributed by atoms with Gasteiger partial charge in [0.15, 0.2) is 0 Å². The van der Waals surface area contributed by atoms with Crippen LogP contribution in [0.15, 0.2) is 48.7 Å². The molecule has 0 aliphatic heterocycles. The van der Waals surface area contributed by atoms with E-state index < -0.39 is 17.6 Å². The first-order chi connectivity index (χ1) is 9.47. The number of hydrogen-bond acceptors (Lipinski definition) is 3. The van der Waals surface area contributed by atoms with Crippen molar-refractivity contribution >= 4 is 11.6 Å². The van der Waals surface area contributed by atoms with Crippen molar-refractivity contribution in [2.45, 2.75) is 6.18 Å². The number of rotatable bonds is 3. The molecule has 0 bridgehead atoms. The van der Waals surface area contributed by atoms with E-state index >= 15 is 0 Å². The van der Waals surface area contributed by atoms with Gasteiger partial charge in [-0.2, -0.15) is 13.2 Å². The molecule has 104 valence electrons. The van der Waals surface area contributed by atoms with Crippen molar-refractivity contribution in [3.8, 4) is 0 Å². The molecule has 20 heavy (non-hydrogen) atoms. The van der Waals surface area contributed by atoms with Gasteiger partial charge in [-0.25, -0.2) is 0 Å². The molecule has 4 nitrogen and oxygen atoms in total. The Balaban J connectivity index is 1.96. The molecule has 2 rings (SSSR count). The Bertz CT molecular complexity index is 582. The molecule has 1 aromatic heterocycles. The summed E-state index contributed by atoms with van der Waals surface area (Å²) in [6.45, 7) is 0. The normalized spacial score (nSPS) is 10.9. The number of anilines is 1. The van der Waals surface area contributed by atoms with Gasteiger partial charge in [0.2, 0.25) is 0 Å². The molecule has 0 aliphatic carbocycles. The topological polar surface area (TPSA) is 54.0 Å². The van der Waals surface area contributed by atoms with Crippen LogP contribution in [0.5, 0.6) is 0 Å². The lowest BCUT2D eigenvalue weighted by Gasteiger charge is -2.10. The van der Waals surface area contributed by atoms with Crippen molar-refractivity contribution in [3.05, 3.63) is 59.9 Å². The second kappa shape index (κ2) is 5.60. The van der Waals surface area contributed by atoms with Gasteiger partial charge in [0.1, 0.15) is 5.69 Å². The van der Waals surface area contributed by atoms with Gasteiger partial charge in [0.25, 0.3) is 5.91 Å². The standard InChI is InChI=1S/C13H10F3N3O/c14-13(15,16)9-4-6-10(7-5-9)18-19-12(20)11-3-1-2-8-17-11/h1-8,18H,(H,19,20). The molecule has 1 amide bonds. The molecular weight excluding hydrogens is 271 g/mol. The molecule has 0 fully saturated rings. The van der Waals surface area contributed by atoms with Crippen molar-refractivity contribution in [1.29, 1.82) is 0 Å². The second-order valence-electron chi connectivity index (χ2n) is 3.87. The quantitative estimate of drug-likeness (QED) is 0.851. The summed E-state index contributed by atoms with van der Waals surface area (Å²) in [5, 5.41) is 0. The van der Waals surface area contributed by atoms with Crippen molar-refractivity contribution in [1.82, 2.24) is 10.4 Å². The smallest absolute Gasteiger partial charge is 0.298 e. The number of hydrazine groups is 1. The van der Waals surface area contributed by atoms with E-state index in [4.69, 9.17) is 0 Å². The fourth-order valence-corrected chi connectivity index (χ4v) is 1.43. The summed E-state index contributed by atoms with van der Waals surface area (Å²) < 4.78 is 37.1. The van der Waals surface area contributed by atoms with Crippen LogP contribution < -0.4 is 10.9 Å². The van der Waals surface area contributed by atoms with Gasteiger partial charge < -0.3 is 0 Å². The molecule has 1 heterocycles. The van der Waals surface area contributed by atoms with Crippen LogP contribution in [-0.2, 0) is 6.18 Å². The zero-order valence-electron chi connectivity index (χ0n) is 10.1. The van der Waals surface area contributed by atoms with Gasteiger partial charge in [-0.05, 0) is 36.4 Å². The number of halogens is 3. The van der Waals surface area contributed by atoms with E-state index in [-0.39, 0.29) is 5.69 Å². The van der Waals surface area contributed by atoms with Gasteiger partial charge in [-0.15, -0.1) is 0 Å². The van der Waals surface area contributed by atoms with E-state index in [0.29, 0.717) is 5.69 Å². The summed E-state index contributed by atoms with van der Waals surface area (Å²) in [6, 6.07) is 9.14. The molecule has 0 saturated carbocycles. The summed E-state index contributed by atoms with van der Waals surface area (Å²) in [6.07, 6.45) is -2.91. The van der Waals surface area contributed by atoms with E-state index in [2.05, 4.69) is 15.8 Å². The highest BCUT2D eigenvalue weighted by Gasteiger charge is 2.29. The molecule has 0 spiro atoms. The van der Waals surface area contributed by atoms with Crippen LogP contribution in [0.2, 0.25) is 0 Å². The number of hydrogen-bond donors (Lipinski definition) is 2. The van der Waals surface area contributed by atoms with Crippen LogP contribution in [0.25, 0.3) is 0 Å². The van der Waals surface area contributed by atoms with Crippen molar-refractivity contribution in [2.24, 2.45) is 0 Å². The Morgan fingerprint density at radius 2 is 1.75 bits per heavy atom. The lowest BCUT2D eigenvalue weighted by molar-refractivity contribution is -0.137. The average molecular weight is 281 g/mol. The summed E-state index contributed by atoms with van der Waals surface area (Å²) >= 11 is 0. The summed E-state index contributed by atoms with van der Waals surface area (Å²) in [4.78, 5) is 15.5. The Labute approximate surface area is 112 Å². The zero-order valence-corrected chi connectivity index (χ0v) is 10.1. The molecule has 2 N–H and O–H groups in total. The number of benzene rings is 1. The molecule has 0 aliphatic rings. The number of pyridine rings is 1. The molecule has 2 aromatic rings. The third-order valence-electron chi connectivity index (χ3n) is 2.43. The highest BCUT2D eigenvalue weighted by Crippen LogP contribution is 2.29. The predicted octanol–water partition coefficient (Wildman–Crippen LogP) is 2.86. The van der Waals surface area contributed by atoms with Crippen molar-refractivity contribution < 1.29 is 18.0 Å². The molecule has 0 saturated heterocycles. The maximum Gasteiger partial charge on any atom is 0.416 e. The number of amides is 1. The summed E-state index contributed by atoms with van der Waals surface area (Å²) in [7, 11) is 0. The van der Waals surface area contributed by atoms with Gasteiger partial charge in [0.05, 0.1) is 11.3 Å². The monoisotopic (exact) mass is 281 g/mol. The number of aromatic nitrogens is 1. The lowest BCUT2D eigenvalue weighted by atomic mass is 10.2. The highest BCUT2D eigenvalue weighted by atomic mass is 19.4. The molecule has 0 atom stereocenters. The lowest BCUT2D eigenvalue weighted by Crippen LogP contribution is -2.29. The van der Waals surface area contributed by atoms with Crippen LogP contribution >= 0.6 is 0 Å². The number of alkyl halides is 3. The van der Waals surface area contributed by atoms with E-state index in [9.17, 15) is 18.0 Å². The van der Waals surface area contributed by atoms with E-state index in [1.807, 2.05) is 0 Å². The van der Waals surface area contributed by atoms with Gasteiger partial charge in [-0.1, -0.05) is 6.07 Å². The van der Waals surface area contributed by atoms with Crippen LogP contribution in [0.1, 0.15) is 16.1 Å². The zero-order chi connectivity index (χ0) is 14.6. The van der Waals surface area contributed by atoms with Gasteiger partial charge >= 0.3 is 6.18 Å². The Morgan fingerprint density at radius 1 is 1.05 bits per heavy atom. The summed E-state index contributed by atoms with van der Waals surface area (Å²) in [5.41, 5.74) is 4.64.